The van der Waals surface area contributed by atoms with E-state index in [9.17, 15) is 0 Å². The van der Waals surface area contributed by atoms with E-state index >= 15 is 0 Å². The van der Waals surface area contributed by atoms with Gasteiger partial charge in [0, 0.05) is 70.1 Å². The summed E-state index contributed by atoms with van der Waals surface area (Å²) in [6.07, 6.45) is 9.26. The summed E-state index contributed by atoms with van der Waals surface area (Å²) in [6.45, 7) is 8.96. The summed E-state index contributed by atoms with van der Waals surface area (Å²) in [6, 6.07) is 45.7. The Balaban J connectivity index is 1.05. The van der Waals surface area contributed by atoms with E-state index in [1.807, 2.05) is 48.8 Å². The Bertz CT molecular complexity index is 2990. The van der Waals surface area contributed by atoms with Gasteiger partial charge in [0.1, 0.15) is 34.6 Å². The van der Waals surface area contributed by atoms with Crippen molar-refractivity contribution in [2.75, 3.05) is 0 Å². The molecular weight excluding hydrogens is 741 g/mol. The highest BCUT2D eigenvalue weighted by Gasteiger charge is 2.18. The van der Waals surface area contributed by atoms with E-state index in [0.717, 1.165) is 73.7 Å². The Labute approximate surface area is 348 Å². The Morgan fingerprint density at radius 1 is 0.417 bits per heavy atom. The summed E-state index contributed by atoms with van der Waals surface area (Å²) in [5, 5.41) is 4.56. The highest BCUT2D eigenvalue weighted by molar-refractivity contribution is 6.10. The van der Waals surface area contributed by atoms with Gasteiger partial charge >= 0.3 is 0 Å². The fraction of sp³-hybridized carbons (Fsp3) is 0.154. The van der Waals surface area contributed by atoms with Crippen LogP contribution in [0.4, 0.5) is 0 Å². The van der Waals surface area contributed by atoms with Crippen LogP contribution in [-0.4, -0.2) is 29.1 Å². The Hall–Kier alpha value is -7.32. The minimum atomic E-state index is 0.536. The molecule has 5 aromatic carbocycles. The molecule has 8 heteroatoms. The molecule has 60 heavy (non-hydrogen) atoms. The second kappa shape index (κ2) is 15.5. The summed E-state index contributed by atoms with van der Waals surface area (Å²) in [4.78, 5) is 18.9. The zero-order chi connectivity index (χ0) is 40.7. The van der Waals surface area contributed by atoms with Gasteiger partial charge < -0.3 is 9.47 Å². The van der Waals surface area contributed by atoms with Crippen molar-refractivity contribution in [3.63, 3.8) is 0 Å². The maximum atomic E-state index is 6.73. The molecular formula is C52H44N6O2. The van der Waals surface area contributed by atoms with Gasteiger partial charge in [-0.15, -0.1) is 0 Å². The van der Waals surface area contributed by atoms with Crippen LogP contribution in [0.15, 0.2) is 158 Å². The summed E-state index contributed by atoms with van der Waals surface area (Å²) in [5.41, 5.74) is 7.49. The Kier molecular flexibility index (Phi) is 9.53. The van der Waals surface area contributed by atoms with Gasteiger partial charge in [-0.1, -0.05) is 64.1 Å². The third-order valence-electron chi connectivity index (χ3n) is 10.8. The number of pyridine rings is 2. The summed E-state index contributed by atoms with van der Waals surface area (Å²) in [7, 11) is 0. The van der Waals surface area contributed by atoms with Gasteiger partial charge in [0.15, 0.2) is 5.82 Å². The number of hydrogen-bond donors (Lipinski definition) is 0. The first kappa shape index (κ1) is 37.0. The summed E-state index contributed by atoms with van der Waals surface area (Å²) in [5.74, 6) is 5.95. The second-order valence-electron chi connectivity index (χ2n) is 16.3. The minimum Gasteiger partial charge on any atom is -0.457 e. The number of ether oxygens (including phenoxy) is 2. The molecule has 0 aliphatic carbocycles. The molecule has 10 aromatic rings. The van der Waals surface area contributed by atoms with Gasteiger partial charge in [-0.3, -0.25) is 9.13 Å². The van der Waals surface area contributed by atoms with Gasteiger partial charge in [-0.25, -0.2) is 19.9 Å². The number of rotatable bonds is 11. The van der Waals surface area contributed by atoms with Crippen LogP contribution < -0.4 is 9.47 Å². The van der Waals surface area contributed by atoms with Crippen LogP contribution in [0.25, 0.3) is 66.6 Å². The quantitative estimate of drug-likeness (QED) is 0.130. The van der Waals surface area contributed by atoms with Crippen molar-refractivity contribution in [3.8, 4) is 46.0 Å². The number of benzene rings is 5. The fourth-order valence-electron chi connectivity index (χ4n) is 8.42. The molecule has 0 N–H and O–H groups in total. The third kappa shape index (κ3) is 7.11. The van der Waals surface area contributed by atoms with E-state index in [2.05, 4.69) is 144 Å². The van der Waals surface area contributed by atoms with Gasteiger partial charge in [0.05, 0.1) is 22.1 Å². The molecule has 0 unspecified atom stereocenters. The van der Waals surface area contributed by atoms with Crippen molar-refractivity contribution in [1.29, 1.82) is 0 Å². The second-order valence-corrected chi connectivity index (χ2v) is 16.3. The van der Waals surface area contributed by atoms with Gasteiger partial charge in [0.2, 0.25) is 0 Å². The lowest BCUT2D eigenvalue weighted by Crippen LogP contribution is -2.01. The van der Waals surface area contributed by atoms with Crippen molar-refractivity contribution in [3.05, 3.63) is 169 Å². The van der Waals surface area contributed by atoms with Crippen molar-refractivity contribution in [1.82, 2.24) is 29.1 Å². The van der Waals surface area contributed by atoms with Crippen molar-refractivity contribution in [2.45, 2.75) is 40.5 Å². The number of hydrogen-bond acceptors (Lipinski definition) is 6. The molecule has 10 rings (SSSR count). The molecule has 0 aliphatic heterocycles. The fourth-order valence-corrected chi connectivity index (χ4v) is 8.42. The lowest BCUT2D eigenvalue weighted by atomic mass is 10.0. The summed E-state index contributed by atoms with van der Waals surface area (Å²) < 4.78 is 17.9. The number of nitrogens with zero attached hydrogens (tertiary/aromatic N) is 6. The Morgan fingerprint density at radius 3 is 1.37 bits per heavy atom. The largest absolute Gasteiger partial charge is 0.457 e. The van der Waals surface area contributed by atoms with E-state index in [1.165, 1.54) is 11.1 Å². The lowest BCUT2D eigenvalue weighted by molar-refractivity contribution is 0.461. The van der Waals surface area contributed by atoms with Crippen LogP contribution in [-0.2, 0) is 12.8 Å². The standard InChI is InChI=1S/C52H44N6O2/c1-33(2)24-35-18-22-53-50(26-35)57-46-12-7-5-10-42(46)44-16-14-38(31-48(44)57)59-40-28-37(52-55-20-9-21-56-52)29-41(30-40)60-39-15-17-45-43-11-6-8-13-47(43)58(49(45)32-39)51-27-36(19-23-54-51)25-34(3)4/h5-23,26-34H,24-25H2,1-4H3. The Morgan fingerprint density at radius 2 is 0.883 bits per heavy atom. The average molecular weight is 785 g/mol. The first-order valence-electron chi connectivity index (χ1n) is 20.6. The molecule has 0 atom stereocenters. The molecule has 294 valence electrons. The predicted octanol–water partition coefficient (Wildman–Crippen LogP) is 13.1. The topological polar surface area (TPSA) is 79.9 Å². The molecule has 5 heterocycles. The van der Waals surface area contributed by atoms with Gasteiger partial charge in [-0.2, -0.15) is 0 Å². The molecule has 0 aliphatic rings. The predicted molar refractivity (Wildman–Crippen MR) is 242 cm³/mol. The zero-order valence-electron chi connectivity index (χ0n) is 34.1. The smallest absolute Gasteiger partial charge is 0.159 e. The van der Waals surface area contributed by atoms with Crippen molar-refractivity contribution in [2.24, 2.45) is 11.8 Å². The number of aromatic nitrogens is 6. The zero-order valence-corrected chi connectivity index (χ0v) is 34.1. The minimum absolute atomic E-state index is 0.536. The molecule has 8 nitrogen and oxygen atoms in total. The average Bonchev–Trinajstić information content (AvgIpc) is 3.76. The van der Waals surface area contributed by atoms with E-state index in [4.69, 9.17) is 19.4 Å². The third-order valence-corrected chi connectivity index (χ3v) is 10.8. The van der Waals surface area contributed by atoms with E-state index in [1.54, 1.807) is 12.4 Å². The normalized spacial score (nSPS) is 11.8. The van der Waals surface area contributed by atoms with Crippen LogP contribution in [0.1, 0.15) is 38.8 Å². The molecule has 5 aromatic heterocycles. The molecule has 0 spiro atoms. The lowest BCUT2D eigenvalue weighted by Gasteiger charge is -2.13. The van der Waals surface area contributed by atoms with Crippen molar-refractivity contribution < 1.29 is 9.47 Å². The van der Waals surface area contributed by atoms with E-state index in [0.29, 0.717) is 40.7 Å². The van der Waals surface area contributed by atoms with Crippen LogP contribution in [0.5, 0.6) is 23.0 Å². The SMILES string of the molecule is CC(C)Cc1ccnc(-n2c3ccccc3c3ccc(Oc4cc(Oc5ccc6c7ccccc7n(-c7cc(CC(C)C)ccn7)c6c5)cc(-c5ncccn5)c4)cc32)c1. The molecule has 0 fully saturated rings. The highest BCUT2D eigenvalue weighted by Crippen LogP contribution is 2.39. The summed E-state index contributed by atoms with van der Waals surface area (Å²) >= 11 is 0. The maximum Gasteiger partial charge on any atom is 0.159 e. The number of para-hydroxylation sites is 2. The molecule has 0 saturated heterocycles. The molecule has 0 saturated carbocycles. The monoisotopic (exact) mass is 784 g/mol. The van der Waals surface area contributed by atoms with E-state index < -0.39 is 0 Å². The van der Waals surface area contributed by atoms with Crippen LogP contribution in [0.3, 0.4) is 0 Å². The highest BCUT2D eigenvalue weighted by atomic mass is 16.5. The molecule has 0 radical (unpaired) electrons. The maximum absolute atomic E-state index is 6.73. The first-order valence-corrected chi connectivity index (χ1v) is 20.6. The first-order chi connectivity index (χ1) is 29.3. The van der Waals surface area contributed by atoms with E-state index in [-0.39, 0.29) is 0 Å². The number of fused-ring (bicyclic) bond motifs is 6. The van der Waals surface area contributed by atoms with Crippen LogP contribution >= 0.6 is 0 Å². The van der Waals surface area contributed by atoms with Gasteiger partial charge in [-0.05, 0) is 115 Å². The molecule has 0 bridgehead atoms. The van der Waals surface area contributed by atoms with Crippen LogP contribution in [0.2, 0.25) is 0 Å². The van der Waals surface area contributed by atoms with Crippen LogP contribution in [0, 0.1) is 11.8 Å². The van der Waals surface area contributed by atoms with Crippen molar-refractivity contribution >= 4 is 43.6 Å². The molecule has 0 amide bonds. The van der Waals surface area contributed by atoms with Gasteiger partial charge in [0.25, 0.3) is 0 Å².